The molecule has 1 aliphatic heterocycles. The van der Waals surface area contributed by atoms with Crippen LogP contribution in [0.3, 0.4) is 0 Å². The van der Waals surface area contributed by atoms with Crippen LogP contribution in [0.15, 0.2) is 0 Å². The molecule has 0 saturated carbocycles. The molecule has 0 unspecified atom stereocenters. The van der Waals surface area contributed by atoms with E-state index >= 15 is 0 Å². The second-order valence-corrected chi connectivity index (χ2v) is 4.19. The molecule has 1 aliphatic rings. The van der Waals surface area contributed by atoms with Gasteiger partial charge in [0.15, 0.2) is 0 Å². The summed E-state index contributed by atoms with van der Waals surface area (Å²) >= 11 is 0. The minimum absolute atomic E-state index is 0.184. The van der Waals surface area contributed by atoms with Gasteiger partial charge >= 0.3 is 0 Å². The maximum Gasteiger partial charge on any atom is 0.0558 e. The Kier molecular flexibility index (Phi) is 6.92. The molecule has 0 aromatic heterocycles. The molecule has 4 heteroatoms. The number of hydrogen-bond acceptors (Lipinski definition) is 4. The molecule has 0 bridgehead atoms. The molecule has 0 radical (unpaired) electrons. The fraction of sp³-hybridized carbons (Fsp3) is 1.00. The molecule has 90 valence electrons. The van der Waals surface area contributed by atoms with Gasteiger partial charge in [-0.15, -0.1) is 0 Å². The average molecular weight is 216 g/mol. The Morgan fingerprint density at radius 1 is 0.933 bits per heavy atom. The monoisotopic (exact) mass is 216 g/mol. The lowest BCUT2D eigenvalue weighted by Gasteiger charge is -2.21. The molecular formula is C11H24N2O2. The minimum atomic E-state index is 0.184. The second-order valence-electron chi connectivity index (χ2n) is 4.19. The van der Waals surface area contributed by atoms with Gasteiger partial charge in [0.2, 0.25) is 0 Å². The highest BCUT2D eigenvalue weighted by Gasteiger charge is 2.11. The van der Waals surface area contributed by atoms with Crippen molar-refractivity contribution in [3.63, 3.8) is 0 Å². The Bertz CT molecular complexity index is 144. The fourth-order valence-corrected chi connectivity index (χ4v) is 2.14. The minimum Gasteiger partial charge on any atom is -0.395 e. The molecule has 1 rings (SSSR count). The summed E-state index contributed by atoms with van der Waals surface area (Å²) in [6, 6.07) is 0. The third kappa shape index (κ3) is 5.47. The standard InChI is InChI=1S/C11H24N2O2/c14-10-8-13(9-11-15)7-3-6-12-4-1-2-5-12/h14-15H,1-11H2. The normalized spacial score (nSPS) is 17.8. The highest BCUT2D eigenvalue weighted by molar-refractivity contribution is 4.67. The molecule has 15 heavy (non-hydrogen) atoms. The van der Waals surface area contributed by atoms with Crippen molar-refractivity contribution < 1.29 is 10.2 Å². The van der Waals surface area contributed by atoms with E-state index < -0.39 is 0 Å². The maximum absolute atomic E-state index is 8.84. The molecule has 4 nitrogen and oxygen atoms in total. The van der Waals surface area contributed by atoms with Crippen LogP contribution in [0, 0.1) is 0 Å². The fourth-order valence-electron chi connectivity index (χ4n) is 2.14. The van der Waals surface area contributed by atoms with Crippen LogP contribution in [0.4, 0.5) is 0 Å². The number of hydrogen-bond donors (Lipinski definition) is 2. The predicted octanol–water partition coefficient (Wildman–Crippen LogP) is -0.241. The smallest absolute Gasteiger partial charge is 0.0558 e. The lowest BCUT2D eigenvalue weighted by Crippen LogP contribution is -2.33. The quantitative estimate of drug-likeness (QED) is 0.588. The van der Waals surface area contributed by atoms with Gasteiger partial charge < -0.3 is 15.1 Å². The first-order valence-electron chi connectivity index (χ1n) is 6.03. The predicted molar refractivity (Wildman–Crippen MR) is 60.9 cm³/mol. The van der Waals surface area contributed by atoms with E-state index in [1.807, 2.05) is 0 Å². The third-order valence-corrected chi connectivity index (χ3v) is 2.98. The van der Waals surface area contributed by atoms with Gasteiger partial charge in [0.05, 0.1) is 13.2 Å². The van der Waals surface area contributed by atoms with Gasteiger partial charge in [-0.3, -0.25) is 4.90 Å². The molecule has 0 atom stereocenters. The first-order valence-corrected chi connectivity index (χ1v) is 6.03. The first-order chi connectivity index (χ1) is 7.36. The maximum atomic E-state index is 8.84. The van der Waals surface area contributed by atoms with E-state index in [-0.39, 0.29) is 13.2 Å². The Balaban J connectivity index is 2.04. The summed E-state index contributed by atoms with van der Waals surface area (Å²) in [6.07, 6.45) is 3.83. The Morgan fingerprint density at radius 2 is 1.53 bits per heavy atom. The van der Waals surface area contributed by atoms with Crippen molar-refractivity contribution in [3.8, 4) is 0 Å². The van der Waals surface area contributed by atoms with E-state index in [4.69, 9.17) is 10.2 Å². The van der Waals surface area contributed by atoms with Gasteiger partial charge in [-0.1, -0.05) is 0 Å². The van der Waals surface area contributed by atoms with Crippen molar-refractivity contribution in [1.29, 1.82) is 0 Å². The van der Waals surface area contributed by atoms with Crippen LogP contribution in [0.25, 0.3) is 0 Å². The SMILES string of the molecule is OCCN(CCO)CCCN1CCCC1. The Morgan fingerprint density at radius 3 is 2.07 bits per heavy atom. The zero-order chi connectivity index (χ0) is 10.9. The number of likely N-dealkylation sites (tertiary alicyclic amines) is 1. The van der Waals surface area contributed by atoms with E-state index in [1.54, 1.807) is 0 Å². The van der Waals surface area contributed by atoms with Crippen molar-refractivity contribution in [2.45, 2.75) is 19.3 Å². The largest absolute Gasteiger partial charge is 0.395 e. The zero-order valence-corrected chi connectivity index (χ0v) is 9.57. The van der Waals surface area contributed by atoms with Gasteiger partial charge in [-0.25, -0.2) is 0 Å². The van der Waals surface area contributed by atoms with Gasteiger partial charge in [0, 0.05) is 13.1 Å². The van der Waals surface area contributed by atoms with Crippen LogP contribution in [0.2, 0.25) is 0 Å². The molecular weight excluding hydrogens is 192 g/mol. The van der Waals surface area contributed by atoms with E-state index in [2.05, 4.69) is 9.80 Å². The zero-order valence-electron chi connectivity index (χ0n) is 9.57. The van der Waals surface area contributed by atoms with Gasteiger partial charge in [0.25, 0.3) is 0 Å². The van der Waals surface area contributed by atoms with Crippen LogP contribution >= 0.6 is 0 Å². The number of nitrogens with zero attached hydrogens (tertiary/aromatic N) is 2. The molecule has 1 heterocycles. The summed E-state index contributed by atoms with van der Waals surface area (Å²) in [5.74, 6) is 0. The number of rotatable bonds is 8. The average Bonchev–Trinajstić information content (AvgIpc) is 2.71. The molecule has 1 saturated heterocycles. The van der Waals surface area contributed by atoms with Gasteiger partial charge in [-0.2, -0.15) is 0 Å². The van der Waals surface area contributed by atoms with Crippen LogP contribution in [-0.4, -0.2) is 72.5 Å². The molecule has 0 amide bonds. The van der Waals surface area contributed by atoms with E-state index in [1.165, 1.54) is 25.9 Å². The molecule has 2 N–H and O–H groups in total. The molecule has 0 aromatic carbocycles. The first kappa shape index (κ1) is 12.9. The van der Waals surface area contributed by atoms with Crippen molar-refractivity contribution in [2.24, 2.45) is 0 Å². The Labute approximate surface area is 92.5 Å². The topological polar surface area (TPSA) is 46.9 Å². The lowest BCUT2D eigenvalue weighted by molar-refractivity contribution is 0.155. The van der Waals surface area contributed by atoms with Crippen molar-refractivity contribution in [1.82, 2.24) is 9.80 Å². The van der Waals surface area contributed by atoms with E-state index in [0.717, 1.165) is 19.5 Å². The summed E-state index contributed by atoms with van der Waals surface area (Å²) in [6.45, 7) is 6.37. The van der Waals surface area contributed by atoms with Crippen LogP contribution in [-0.2, 0) is 0 Å². The highest BCUT2D eigenvalue weighted by Crippen LogP contribution is 2.07. The highest BCUT2D eigenvalue weighted by atomic mass is 16.3. The van der Waals surface area contributed by atoms with E-state index in [0.29, 0.717) is 13.1 Å². The number of aliphatic hydroxyl groups excluding tert-OH is 2. The van der Waals surface area contributed by atoms with Crippen molar-refractivity contribution in [2.75, 3.05) is 52.5 Å². The van der Waals surface area contributed by atoms with Crippen LogP contribution < -0.4 is 0 Å². The summed E-state index contributed by atoms with van der Waals surface area (Å²) in [4.78, 5) is 4.62. The van der Waals surface area contributed by atoms with Crippen LogP contribution in [0.1, 0.15) is 19.3 Å². The second kappa shape index (κ2) is 8.05. The summed E-state index contributed by atoms with van der Waals surface area (Å²) in [5.41, 5.74) is 0. The summed E-state index contributed by atoms with van der Waals surface area (Å²) < 4.78 is 0. The van der Waals surface area contributed by atoms with Gasteiger partial charge in [-0.05, 0) is 45.4 Å². The molecule has 1 fully saturated rings. The molecule has 0 aliphatic carbocycles. The molecule has 0 spiro atoms. The third-order valence-electron chi connectivity index (χ3n) is 2.98. The summed E-state index contributed by atoms with van der Waals surface area (Å²) in [7, 11) is 0. The Hall–Kier alpha value is -0.160. The van der Waals surface area contributed by atoms with Crippen LogP contribution in [0.5, 0.6) is 0 Å². The van der Waals surface area contributed by atoms with E-state index in [9.17, 15) is 0 Å². The lowest BCUT2D eigenvalue weighted by atomic mass is 10.3. The number of aliphatic hydroxyl groups is 2. The van der Waals surface area contributed by atoms with Gasteiger partial charge in [0.1, 0.15) is 0 Å². The van der Waals surface area contributed by atoms with Crippen molar-refractivity contribution in [3.05, 3.63) is 0 Å². The van der Waals surface area contributed by atoms with Crippen molar-refractivity contribution >= 4 is 0 Å². The molecule has 0 aromatic rings. The summed E-state index contributed by atoms with van der Waals surface area (Å²) in [5, 5.41) is 17.7.